The first kappa shape index (κ1) is 10.5. The van der Waals surface area contributed by atoms with Crippen LogP contribution in [-0.2, 0) is 0 Å². The molecule has 0 radical (unpaired) electrons. The molecule has 0 aliphatic heterocycles. The van der Waals surface area contributed by atoms with Crippen molar-refractivity contribution >= 4 is 15.9 Å². The second kappa shape index (κ2) is 5.25. The van der Waals surface area contributed by atoms with E-state index in [-0.39, 0.29) is 0 Å². The van der Waals surface area contributed by atoms with Crippen molar-refractivity contribution in [1.29, 1.82) is 0 Å². The van der Waals surface area contributed by atoms with Gasteiger partial charge in [0.05, 0.1) is 12.7 Å². The second-order valence-electron chi connectivity index (χ2n) is 2.64. The fourth-order valence-electron chi connectivity index (χ4n) is 1.13. The van der Waals surface area contributed by atoms with Crippen molar-refractivity contribution in [3.63, 3.8) is 0 Å². The Morgan fingerprint density at radius 2 is 2.15 bits per heavy atom. The number of ether oxygens (including phenoxy) is 1. The van der Waals surface area contributed by atoms with Crippen molar-refractivity contribution < 1.29 is 9.84 Å². The van der Waals surface area contributed by atoms with Crippen LogP contribution in [0.15, 0.2) is 24.3 Å². The molecule has 1 aromatic rings. The molecule has 0 spiro atoms. The van der Waals surface area contributed by atoms with Gasteiger partial charge in [0.15, 0.2) is 0 Å². The number of hydrogen-bond donors (Lipinski definition) is 1. The van der Waals surface area contributed by atoms with Gasteiger partial charge in [-0.3, -0.25) is 0 Å². The van der Waals surface area contributed by atoms with E-state index < -0.39 is 6.10 Å². The maximum Gasteiger partial charge on any atom is 0.125 e. The van der Waals surface area contributed by atoms with Crippen LogP contribution in [0.25, 0.3) is 0 Å². The Morgan fingerprint density at radius 1 is 1.46 bits per heavy atom. The lowest BCUT2D eigenvalue weighted by molar-refractivity contribution is 0.198. The van der Waals surface area contributed by atoms with E-state index in [9.17, 15) is 5.11 Å². The van der Waals surface area contributed by atoms with Gasteiger partial charge in [-0.25, -0.2) is 0 Å². The summed E-state index contributed by atoms with van der Waals surface area (Å²) in [6, 6.07) is 7.53. The summed E-state index contributed by atoms with van der Waals surface area (Å²) >= 11 is 3.23. The molecule has 0 saturated carbocycles. The van der Waals surface area contributed by atoms with E-state index >= 15 is 0 Å². The largest absolute Gasteiger partial charge is 0.493 e. The molecule has 1 N–H and O–H groups in total. The molecule has 0 heterocycles. The predicted octanol–water partition coefficient (Wildman–Crippen LogP) is 2.51. The molecule has 13 heavy (non-hydrogen) atoms. The van der Waals surface area contributed by atoms with Gasteiger partial charge in [0.2, 0.25) is 0 Å². The molecule has 1 rings (SSSR count). The lowest BCUT2D eigenvalue weighted by atomic mass is 10.1. The molecule has 1 atom stereocenters. The monoisotopic (exact) mass is 244 g/mol. The number of aliphatic hydroxyl groups excluding tert-OH is 1. The average molecular weight is 245 g/mol. The first-order valence-corrected chi connectivity index (χ1v) is 5.37. The van der Waals surface area contributed by atoms with Crippen LogP contribution >= 0.6 is 15.9 Å². The topological polar surface area (TPSA) is 29.5 Å². The maximum absolute atomic E-state index is 9.61. The van der Waals surface area contributed by atoms with Crippen LogP contribution in [-0.4, -0.2) is 17.0 Å². The van der Waals surface area contributed by atoms with Gasteiger partial charge in [-0.15, -0.1) is 0 Å². The van der Waals surface area contributed by atoms with Gasteiger partial charge in [-0.2, -0.15) is 0 Å². The van der Waals surface area contributed by atoms with E-state index in [2.05, 4.69) is 15.9 Å². The van der Waals surface area contributed by atoms with E-state index in [1.165, 1.54) is 0 Å². The van der Waals surface area contributed by atoms with Gasteiger partial charge >= 0.3 is 0 Å². The number of benzene rings is 1. The second-order valence-corrected chi connectivity index (χ2v) is 3.29. The normalized spacial score (nSPS) is 12.5. The van der Waals surface area contributed by atoms with E-state index in [4.69, 9.17) is 4.74 Å². The zero-order valence-corrected chi connectivity index (χ0v) is 9.12. The first-order valence-electron chi connectivity index (χ1n) is 4.25. The van der Waals surface area contributed by atoms with Crippen molar-refractivity contribution in [2.75, 3.05) is 11.9 Å². The van der Waals surface area contributed by atoms with Crippen LogP contribution in [0, 0.1) is 0 Å². The van der Waals surface area contributed by atoms with Crippen molar-refractivity contribution in [1.82, 2.24) is 0 Å². The summed E-state index contributed by atoms with van der Waals surface area (Å²) in [5, 5.41) is 10.1. The summed E-state index contributed by atoms with van der Waals surface area (Å²) in [6.45, 7) is 2.54. The Labute approximate surface area is 86.7 Å². The standard InChI is InChI=1S/C10H13BrO2/c1-2-13-10-6-4-3-5-8(10)9(12)7-11/h3-6,9,12H,2,7H2,1H3. The summed E-state index contributed by atoms with van der Waals surface area (Å²) in [5.41, 5.74) is 0.834. The number of rotatable bonds is 4. The third-order valence-electron chi connectivity index (χ3n) is 1.72. The molecule has 0 saturated heterocycles. The molecule has 0 aromatic heterocycles. The van der Waals surface area contributed by atoms with Gasteiger partial charge in [-0.1, -0.05) is 34.1 Å². The molecule has 0 aliphatic carbocycles. The van der Waals surface area contributed by atoms with E-state index in [1.807, 2.05) is 31.2 Å². The molecular formula is C10H13BrO2. The Hall–Kier alpha value is -0.540. The molecule has 1 unspecified atom stereocenters. The average Bonchev–Trinajstić information content (AvgIpc) is 2.18. The van der Waals surface area contributed by atoms with Crippen LogP contribution < -0.4 is 4.74 Å². The molecule has 0 fully saturated rings. The lowest BCUT2D eigenvalue weighted by Gasteiger charge is -2.12. The molecule has 1 aromatic carbocycles. The smallest absolute Gasteiger partial charge is 0.125 e. The van der Waals surface area contributed by atoms with Crippen molar-refractivity contribution in [2.24, 2.45) is 0 Å². The summed E-state index contributed by atoms with van der Waals surface area (Å²) in [5.74, 6) is 0.761. The third-order valence-corrected chi connectivity index (χ3v) is 2.34. The highest BCUT2D eigenvalue weighted by atomic mass is 79.9. The highest BCUT2D eigenvalue weighted by molar-refractivity contribution is 9.09. The van der Waals surface area contributed by atoms with E-state index in [0.717, 1.165) is 11.3 Å². The number of halogens is 1. The molecule has 0 aliphatic rings. The highest BCUT2D eigenvalue weighted by Crippen LogP contribution is 2.25. The van der Waals surface area contributed by atoms with Crippen molar-refractivity contribution in [3.8, 4) is 5.75 Å². The molecule has 2 nitrogen and oxygen atoms in total. The zero-order valence-electron chi connectivity index (χ0n) is 7.53. The molecule has 0 amide bonds. The number of aliphatic hydroxyl groups is 1. The quantitative estimate of drug-likeness (QED) is 0.826. The minimum atomic E-state index is -0.497. The first-order chi connectivity index (χ1) is 6.29. The maximum atomic E-state index is 9.61. The summed E-state index contributed by atoms with van der Waals surface area (Å²) < 4.78 is 5.38. The third kappa shape index (κ3) is 2.71. The number of para-hydroxylation sites is 1. The van der Waals surface area contributed by atoms with Gasteiger partial charge in [0.1, 0.15) is 5.75 Å². The molecule has 72 valence electrons. The Morgan fingerprint density at radius 3 is 2.77 bits per heavy atom. The lowest BCUT2D eigenvalue weighted by Crippen LogP contribution is -2.02. The fourth-order valence-corrected chi connectivity index (χ4v) is 1.47. The van der Waals surface area contributed by atoms with Crippen molar-refractivity contribution in [3.05, 3.63) is 29.8 Å². The molecular weight excluding hydrogens is 232 g/mol. The van der Waals surface area contributed by atoms with Crippen LogP contribution in [0.1, 0.15) is 18.6 Å². The van der Waals surface area contributed by atoms with Crippen LogP contribution in [0.3, 0.4) is 0 Å². The van der Waals surface area contributed by atoms with E-state index in [1.54, 1.807) is 0 Å². The van der Waals surface area contributed by atoms with Crippen LogP contribution in [0.2, 0.25) is 0 Å². The molecule has 3 heteroatoms. The van der Waals surface area contributed by atoms with Gasteiger partial charge in [0, 0.05) is 10.9 Å². The molecule has 0 bridgehead atoms. The van der Waals surface area contributed by atoms with Gasteiger partial charge < -0.3 is 9.84 Å². The van der Waals surface area contributed by atoms with Gasteiger partial charge in [-0.05, 0) is 13.0 Å². The summed E-state index contributed by atoms with van der Waals surface area (Å²) in [6.07, 6.45) is -0.497. The minimum absolute atomic E-state index is 0.497. The number of alkyl halides is 1. The SMILES string of the molecule is CCOc1ccccc1C(O)CBr. The minimum Gasteiger partial charge on any atom is -0.493 e. The Kier molecular flexibility index (Phi) is 4.25. The predicted molar refractivity (Wildman–Crippen MR) is 56.4 cm³/mol. The van der Waals surface area contributed by atoms with Crippen LogP contribution in [0.4, 0.5) is 0 Å². The number of hydrogen-bond acceptors (Lipinski definition) is 2. The van der Waals surface area contributed by atoms with Crippen molar-refractivity contribution in [2.45, 2.75) is 13.0 Å². The Bertz CT molecular complexity index is 263. The summed E-state index contributed by atoms with van der Waals surface area (Å²) in [4.78, 5) is 0. The Balaban J connectivity index is 2.90. The zero-order chi connectivity index (χ0) is 9.68. The van der Waals surface area contributed by atoms with E-state index in [0.29, 0.717) is 11.9 Å². The fraction of sp³-hybridized carbons (Fsp3) is 0.400. The highest BCUT2D eigenvalue weighted by Gasteiger charge is 2.10. The summed E-state index contributed by atoms with van der Waals surface area (Å²) in [7, 11) is 0. The van der Waals surface area contributed by atoms with Gasteiger partial charge in [0.25, 0.3) is 0 Å². The van der Waals surface area contributed by atoms with Crippen LogP contribution in [0.5, 0.6) is 5.75 Å².